The second-order valence-electron chi connectivity index (χ2n) is 3.85. The van der Waals surface area contributed by atoms with Crippen molar-refractivity contribution in [1.29, 1.82) is 0 Å². The zero-order valence-corrected chi connectivity index (χ0v) is 11.7. The molecule has 0 aromatic heterocycles. The summed E-state index contributed by atoms with van der Waals surface area (Å²) in [6, 6.07) is 12.1. The summed E-state index contributed by atoms with van der Waals surface area (Å²) < 4.78 is 0. The number of nitrogen functional groups attached to an aromatic ring is 2. The summed E-state index contributed by atoms with van der Waals surface area (Å²) in [6.07, 6.45) is 0. The number of hydrogen-bond donors (Lipinski definition) is 4. The van der Waals surface area contributed by atoms with E-state index in [0.717, 1.165) is 0 Å². The number of rotatable bonds is 2. The first kappa shape index (κ1) is 18.5. The molecule has 6 nitrogen and oxygen atoms in total. The maximum absolute atomic E-state index is 10.3. The number of anilines is 2. The first-order chi connectivity index (χ1) is 9.40. The van der Waals surface area contributed by atoms with Crippen molar-refractivity contribution in [2.45, 2.75) is 0 Å². The van der Waals surface area contributed by atoms with Crippen LogP contribution in [0.25, 0.3) is 0 Å². The van der Waals surface area contributed by atoms with Crippen LogP contribution in [0.5, 0.6) is 0 Å². The van der Waals surface area contributed by atoms with E-state index in [-0.39, 0.29) is 28.2 Å². The Labute approximate surface area is 131 Å². The Hall–Kier alpha value is -2.50. The Balaban J connectivity index is 0.000000364. The van der Waals surface area contributed by atoms with Gasteiger partial charge in [-0.25, -0.2) is 9.59 Å². The van der Waals surface area contributed by atoms with Crippen molar-refractivity contribution in [2.75, 3.05) is 11.5 Å². The van der Waals surface area contributed by atoms with E-state index in [4.69, 9.17) is 21.7 Å². The standard InChI is InChI=1S/2C7H7NO2.Cu/c2*8-6-3-1-5(2-4-6)7(9)10;/h2*1-4H,8H2,(H,9,10);. The van der Waals surface area contributed by atoms with E-state index in [1.54, 1.807) is 24.3 Å². The first-order valence-corrected chi connectivity index (χ1v) is 5.58. The minimum atomic E-state index is -0.931. The molecule has 0 bridgehead atoms. The smallest absolute Gasteiger partial charge is 0.335 e. The van der Waals surface area contributed by atoms with Gasteiger partial charge in [-0.2, -0.15) is 0 Å². The van der Waals surface area contributed by atoms with E-state index >= 15 is 0 Å². The van der Waals surface area contributed by atoms with Crippen molar-refractivity contribution in [3.63, 3.8) is 0 Å². The number of benzene rings is 2. The van der Waals surface area contributed by atoms with Gasteiger partial charge in [0.05, 0.1) is 11.1 Å². The van der Waals surface area contributed by atoms with Gasteiger partial charge in [0.1, 0.15) is 0 Å². The molecule has 0 amide bonds. The quantitative estimate of drug-likeness (QED) is 0.490. The van der Waals surface area contributed by atoms with Crippen LogP contribution in [0.2, 0.25) is 0 Å². The molecule has 0 saturated heterocycles. The Morgan fingerprint density at radius 3 is 1.10 bits per heavy atom. The Morgan fingerprint density at radius 2 is 0.905 bits per heavy atom. The maximum atomic E-state index is 10.3. The van der Waals surface area contributed by atoms with E-state index in [0.29, 0.717) is 11.4 Å². The van der Waals surface area contributed by atoms with E-state index in [1.807, 2.05) is 0 Å². The minimum Gasteiger partial charge on any atom is -0.478 e. The van der Waals surface area contributed by atoms with Gasteiger partial charge in [-0.05, 0) is 48.5 Å². The summed E-state index contributed by atoms with van der Waals surface area (Å²) in [5.74, 6) is -1.86. The molecule has 21 heavy (non-hydrogen) atoms. The number of hydrogen-bond acceptors (Lipinski definition) is 4. The first-order valence-electron chi connectivity index (χ1n) is 5.58. The van der Waals surface area contributed by atoms with Gasteiger partial charge in [-0.1, -0.05) is 0 Å². The van der Waals surface area contributed by atoms with E-state index in [1.165, 1.54) is 24.3 Å². The molecule has 7 heteroatoms. The number of carbonyl (C=O) groups is 2. The number of carboxylic acids is 2. The summed E-state index contributed by atoms with van der Waals surface area (Å²) in [4.78, 5) is 20.5. The largest absolute Gasteiger partial charge is 0.478 e. The van der Waals surface area contributed by atoms with Crippen LogP contribution in [0.1, 0.15) is 20.7 Å². The second kappa shape index (κ2) is 8.63. The summed E-state index contributed by atoms with van der Waals surface area (Å²) in [7, 11) is 0. The maximum Gasteiger partial charge on any atom is 0.335 e. The fraction of sp³-hybridized carbons (Fsp3) is 0. The molecule has 0 aliphatic rings. The van der Waals surface area contributed by atoms with Gasteiger partial charge in [0, 0.05) is 28.4 Å². The third-order valence-electron chi connectivity index (χ3n) is 2.32. The average Bonchev–Trinajstić information content (AvgIpc) is 2.40. The normalized spacial score (nSPS) is 8.76. The predicted molar refractivity (Wildman–Crippen MR) is 75.6 cm³/mol. The predicted octanol–water partition coefficient (Wildman–Crippen LogP) is 1.93. The van der Waals surface area contributed by atoms with Crippen LogP contribution in [0.15, 0.2) is 48.5 Å². The molecule has 2 aromatic carbocycles. The molecule has 2 aromatic rings. The van der Waals surface area contributed by atoms with Gasteiger partial charge in [-0.15, -0.1) is 0 Å². The van der Waals surface area contributed by atoms with Crippen molar-refractivity contribution in [2.24, 2.45) is 0 Å². The van der Waals surface area contributed by atoms with E-state index in [9.17, 15) is 9.59 Å². The zero-order chi connectivity index (χ0) is 15.1. The minimum absolute atomic E-state index is 0. The van der Waals surface area contributed by atoms with Gasteiger partial charge in [0.15, 0.2) is 0 Å². The van der Waals surface area contributed by atoms with Crippen LogP contribution < -0.4 is 11.5 Å². The third-order valence-corrected chi connectivity index (χ3v) is 2.32. The molecule has 0 unspecified atom stereocenters. The second-order valence-corrected chi connectivity index (χ2v) is 3.85. The van der Waals surface area contributed by atoms with Gasteiger partial charge >= 0.3 is 11.9 Å². The summed E-state index contributed by atoms with van der Waals surface area (Å²) >= 11 is 0. The molecule has 0 heterocycles. The summed E-state index contributed by atoms with van der Waals surface area (Å²) in [5, 5.41) is 16.9. The van der Waals surface area contributed by atoms with Crippen LogP contribution in [-0.4, -0.2) is 22.2 Å². The Bertz CT molecular complexity index is 542. The van der Waals surface area contributed by atoms with Crippen LogP contribution in [0.4, 0.5) is 11.4 Å². The molecule has 0 saturated carbocycles. The van der Waals surface area contributed by atoms with Gasteiger partial charge in [0.25, 0.3) is 0 Å². The van der Waals surface area contributed by atoms with E-state index < -0.39 is 11.9 Å². The Morgan fingerprint density at radius 1 is 0.667 bits per heavy atom. The van der Waals surface area contributed by atoms with Crippen molar-refractivity contribution in [3.8, 4) is 0 Å². The fourth-order valence-electron chi connectivity index (χ4n) is 1.25. The van der Waals surface area contributed by atoms with Crippen molar-refractivity contribution >= 4 is 23.3 Å². The van der Waals surface area contributed by atoms with Gasteiger partial charge < -0.3 is 21.7 Å². The molecule has 0 fully saturated rings. The van der Waals surface area contributed by atoms with Crippen molar-refractivity contribution in [3.05, 3.63) is 59.7 Å². The zero-order valence-electron chi connectivity index (χ0n) is 10.8. The van der Waals surface area contributed by atoms with Gasteiger partial charge in [0.2, 0.25) is 0 Å². The van der Waals surface area contributed by atoms with Crippen molar-refractivity contribution in [1.82, 2.24) is 0 Å². The topological polar surface area (TPSA) is 127 Å². The summed E-state index contributed by atoms with van der Waals surface area (Å²) in [6.45, 7) is 0. The number of aromatic carboxylic acids is 2. The van der Waals surface area contributed by atoms with Crippen LogP contribution >= 0.6 is 0 Å². The van der Waals surface area contributed by atoms with Crippen molar-refractivity contribution < 1.29 is 36.9 Å². The summed E-state index contributed by atoms with van der Waals surface area (Å²) in [5.41, 5.74) is 12.3. The molecule has 0 aliphatic heterocycles. The molecule has 0 atom stereocenters. The number of carboxylic acid groups (broad SMARTS) is 2. The SMILES string of the molecule is Nc1ccc(C(=O)O)cc1.Nc1ccc(C(=O)O)cc1.[Cu]. The fourth-order valence-corrected chi connectivity index (χ4v) is 1.25. The molecule has 0 aliphatic carbocycles. The monoisotopic (exact) mass is 337 g/mol. The molecular formula is C14H14CuN2O4. The molecular weight excluding hydrogens is 324 g/mol. The van der Waals surface area contributed by atoms with Gasteiger partial charge in [-0.3, -0.25) is 0 Å². The third kappa shape index (κ3) is 6.47. The molecule has 115 valence electrons. The van der Waals surface area contributed by atoms with Crippen LogP contribution in [-0.2, 0) is 17.1 Å². The molecule has 1 radical (unpaired) electrons. The van der Waals surface area contributed by atoms with Crippen LogP contribution in [0, 0.1) is 0 Å². The molecule has 0 spiro atoms. The molecule has 2 rings (SSSR count). The molecule has 6 N–H and O–H groups in total. The number of nitrogens with two attached hydrogens (primary N) is 2. The van der Waals surface area contributed by atoms with Crippen LogP contribution in [0.3, 0.4) is 0 Å². The average molecular weight is 338 g/mol. The van der Waals surface area contributed by atoms with E-state index in [2.05, 4.69) is 0 Å². The Kier molecular flexibility index (Phi) is 7.60.